The van der Waals surface area contributed by atoms with Crippen LogP contribution in [0.15, 0.2) is 30.3 Å². The highest BCUT2D eigenvalue weighted by molar-refractivity contribution is 5.81. The molecule has 1 aromatic rings. The number of hydrogen-bond acceptors (Lipinski definition) is 4. The molecule has 112 valence electrons. The van der Waals surface area contributed by atoms with Crippen molar-refractivity contribution in [2.24, 2.45) is 5.41 Å². The Balaban J connectivity index is 2.46. The lowest BCUT2D eigenvalue weighted by atomic mass is 9.95. The van der Waals surface area contributed by atoms with Crippen LogP contribution in [-0.2, 0) is 16.1 Å². The van der Waals surface area contributed by atoms with E-state index in [-0.39, 0.29) is 12.5 Å². The molecule has 0 bridgehead atoms. The van der Waals surface area contributed by atoms with Crippen LogP contribution in [0.4, 0.5) is 0 Å². The third kappa shape index (κ3) is 5.69. The number of carbonyl (C=O) groups is 1. The molecule has 1 unspecified atom stereocenters. The largest absolute Gasteiger partial charge is 0.374 e. The zero-order chi connectivity index (χ0) is 15.2. The Labute approximate surface area is 119 Å². The van der Waals surface area contributed by atoms with Gasteiger partial charge in [0.1, 0.15) is 6.04 Å². The molecule has 0 radical (unpaired) electrons. The van der Waals surface area contributed by atoms with Crippen LogP contribution in [0.5, 0.6) is 0 Å². The standard InChI is InChI=1S/C15H23NO4/c1-15(2,3)14(19)16-12(13(17)18)10-20-9-11-7-5-4-6-8-11/h4-8,12-13,17-18H,9-10H2,1-3H3,(H,16,19). The summed E-state index contributed by atoms with van der Waals surface area (Å²) in [7, 11) is 0. The summed E-state index contributed by atoms with van der Waals surface area (Å²) in [6.07, 6.45) is -1.66. The lowest BCUT2D eigenvalue weighted by molar-refractivity contribution is -0.136. The van der Waals surface area contributed by atoms with Gasteiger partial charge in [-0.1, -0.05) is 51.1 Å². The first kappa shape index (κ1) is 16.6. The number of benzene rings is 1. The van der Waals surface area contributed by atoms with E-state index in [1.807, 2.05) is 30.3 Å². The highest BCUT2D eigenvalue weighted by Crippen LogP contribution is 2.13. The Bertz CT molecular complexity index is 412. The van der Waals surface area contributed by atoms with Gasteiger partial charge < -0.3 is 20.3 Å². The zero-order valence-corrected chi connectivity index (χ0v) is 12.2. The maximum absolute atomic E-state index is 11.8. The summed E-state index contributed by atoms with van der Waals surface area (Å²) in [5, 5.41) is 21.1. The molecule has 5 heteroatoms. The lowest BCUT2D eigenvalue weighted by Crippen LogP contribution is -2.49. The SMILES string of the molecule is CC(C)(C)C(=O)NC(COCc1ccccc1)C(O)O. The van der Waals surface area contributed by atoms with Crippen molar-refractivity contribution < 1.29 is 19.7 Å². The van der Waals surface area contributed by atoms with Crippen molar-refractivity contribution in [1.29, 1.82) is 0 Å². The molecule has 0 aliphatic heterocycles. The molecule has 0 fully saturated rings. The van der Waals surface area contributed by atoms with Crippen molar-refractivity contribution >= 4 is 5.91 Å². The second-order valence-corrected chi connectivity index (χ2v) is 5.74. The van der Waals surface area contributed by atoms with Gasteiger partial charge in [0.25, 0.3) is 0 Å². The van der Waals surface area contributed by atoms with E-state index in [9.17, 15) is 15.0 Å². The van der Waals surface area contributed by atoms with E-state index in [4.69, 9.17) is 4.74 Å². The summed E-state index contributed by atoms with van der Waals surface area (Å²) in [5.41, 5.74) is 0.396. The van der Waals surface area contributed by atoms with Gasteiger partial charge in [-0.15, -0.1) is 0 Å². The molecular weight excluding hydrogens is 258 g/mol. The van der Waals surface area contributed by atoms with Crippen LogP contribution in [0.3, 0.4) is 0 Å². The normalized spacial score (nSPS) is 13.3. The van der Waals surface area contributed by atoms with Gasteiger partial charge in [0.2, 0.25) is 5.91 Å². The first-order chi connectivity index (χ1) is 9.30. The number of rotatable bonds is 6. The van der Waals surface area contributed by atoms with Crippen LogP contribution in [0, 0.1) is 5.41 Å². The molecule has 1 aromatic carbocycles. The Morgan fingerprint density at radius 3 is 2.35 bits per heavy atom. The Morgan fingerprint density at radius 1 is 1.25 bits per heavy atom. The number of hydrogen-bond donors (Lipinski definition) is 3. The molecule has 1 atom stereocenters. The smallest absolute Gasteiger partial charge is 0.225 e. The van der Waals surface area contributed by atoms with E-state index < -0.39 is 17.7 Å². The molecular formula is C15H23NO4. The van der Waals surface area contributed by atoms with Gasteiger partial charge in [0.05, 0.1) is 13.2 Å². The molecule has 20 heavy (non-hydrogen) atoms. The zero-order valence-electron chi connectivity index (χ0n) is 12.2. The van der Waals surface area contributed by atoms with Crippen LogP contribution >= 0.6 is 0 Å². The van der Waals surface area contributed by atoms with Gasteiger partial charge >= 0.3 is 0 Å². The van der Waals surface area contributed by atoms with E-state index in [0.29, 0.717) is 6.61 Å². The predicted octanol–water partition coefficient (Wildman–Crippen LogP) is 1.04. The average molecular weight is 281 g/mol. The molecule has 0 aliphatic carbocycles. The summed E-state index contributed by atoms with van der Waals surface area (Å²) in [6, 6.07) is 8.70. The Kier molecular flexibility index (Phi) is 6.13. The summed E-state index contributed by atoms with van der Waals surface area (Å²) in [4.78, 5) is 11.8. The number of aliphatic hydroxyl groups excluding tert-OH is 1. The van der Waals surface area contributed by atoms with E-state index >= 15 is 0 Å². The number of aliphatic hydroxyl groups is 2. The minimum absolute atomic E-state index is 0.0361. The third-order valence-corrected chi connectivity index (χ3v) is 2.77. The third-order valence-electron chi connectivity index (χ3n) is 2.77. The van der Waals surface area contributed by atoms with Crippen molar-refractivity contribution in [3.63, 3.8) is 0 Å². The molecule has 0 aliphatic rings. The predicted molar refractivity (Wildman–Crippen MR) is 75.7 cm³/mol. The minimum atomic E-state index is -1.66. The number of ether oxygens (including phenoxy) is 1. The summed E-state index contributed by atoms with van der Waals surface area (Å²) >= 11 is 0. The van der Waals surface area contributed by atoms with Crippen molar-refractivity contribution in [3.8, 4) is 0 Å². The summed E-state index contributed by atoms with van der Waals surface area (Å²) < 4.78 is 5.42. The molecule has 3 N–H and O–H groups in total. The molecule has 1 rings (SSSR count). The average Bonchev–Trinajstić information content (AvgIpc) is 2.37. The van der Waals surface area contributed by atoms with Gasteiger partial charge in [-0.05, 0) is 5.56 Å². The summed E-state index contributed by atoms with van der Waals surface area (Å²) in [5.74, 6) is -0.251. The first-order valence-electron chi connectivity index (χ1n) is 6.59. The molecule has 0 heterocycles. The Morgan fingerprint density at radius 2 is 1.85 bits per heavy atom. The van der Waals surface area contributed by atoms with E-state index in [1.54, 1.807) is 20.8 Å². The maximum atomic E-state index is 11.8. The van der Waals surface area contributed by atoms with E-state index in [1.165, 1.54) is 0 Å². The quantitative estimate of drug-likeness (QED) is 0.681. The van der Waals surface area contributed by atoms with Crippen molar-refractivity contribution in [2.45, 2.75) is 39.7 Å². The molecule has 0 saturated carbocycles. The fourth-order valence-corrected chi connectivity index (χ4v) is 1.47. The minimum Gasteiger partial charge on any atom is -0.374 e. The summed E-state index contributed by atoms with van der Waals surface area (Å²) in [6.45, 7) is 5.67. The van der Waals surface area contributed by atoms with Gasteiger partial charge in [-0.2, -0.15) is 0 Å². The van der Waals surface area contributed by atoms with Crippen molar-refractivity contribution in [2.75, 3.05) is 6.61 Å². The number of carbonyl (C=O) groups excluding carboxylic acids is 1. The second kappa shape index (κ2) is 7.38. The molecule has 0 saturated heterocycles. The van der Waals surface area contributed by atoms with Crippen LogP contribution < -0.4 is 5.32 Å². The molecule has 0 spiro atoms. The van der Waals surface area contributed by atoms with Crippen LogP contribution in [-0.4, -0.2) is 35.1 Å². The van der Waals surface area contributed by atoms with Gasteiger partial charge in [0.15, 0.2) is 6.29 Å². The van der Waals surface area contributed by atoms with Gasteiger partial charge in [-0.3, -0.25) is 4.79 Å². The molecule has 0 aromatic heterocycles. The fraction of sp³-hybridized carbons (Fsp3) is 0.533. The lowest BCUT2D eigenvalue weighted by Gasteiger charge is -2.25. The number of nitrogens with one attached hydrogen (secondary N) is 1. The van der Waals surface area contributed by atoms with Crippen LogP contribution in [0.2, 0.25) is 0 Å². The monoisotopic (exact) mass is 281 g/mol. The fourth-order valence-electron chi connectivity index (χ4n) is 1.47. The highest BCUT2D eigenvalue weighted by atomic mass is 16.5. The Hall–Kier alpha value is -1.43. The van der Waals surface area contributed by atoms with Crippen LogP contribution in [0.25, 0.3) is 0 Å². The van der Waals surface area contributed by atoms with Crippen LogP contribution in [0.1, 0.15) is 26.3 Å². The molecule has 5 nitrogen and oxygen atoms in total. The van der Waals surface area contributed by atoms with Crippen molar-refractivity contribution in [1.82, 2.24) is 5.32 Å². The van der Waals surface area contributed by atoms with Gasteiger partial charge in [0, 0.05) is 5.41 Å². The molecule has 1 amide bonds. The van der Waals surface area contributed by atoms with Crippen molar-refractivity contribution in [3.05, 3.63) is 35.9 Å². The first-order valence-corrected chi connectivity index (χ1v) is 6.59. The van der Waals surface area contributed by atoms with Gasteiger partial charge in [-0.25, -0.2) is 0 Å². The number of amides is 1. The topological polar surface area (TPSA) is 78.8 Å². The van der Waals surface area contributed by atoms with E-state index in [0.717, 1.165) is 5.56 Å². The second-order valence-electron chi connectivity index (χ2n) is 5.74. The van der Waals surface area contributed by atoms with E-state index in [2.05, 4.69) is 5.32 Å². The maximum Gasteiger partial charge on any atom is 0.225 e. The highest BCUT2D eigenvalue weighted by Gasteiger charge is 2.26.